The van der Waals surface area contributed by atoms with Gasteiger partial charge in [0.15, 0.2) is 0 Å². The molecule has 76 valence electrons. The van der Waals surface area contributed by atoms with Crippen LogP contribution >= 0.6 is 0 Å². The lowest BCUT2D eigenvalue weighted by Crippen LogP contribution is -2.06. The fraction of sp³-hybridized carbons (Fsp3) is 0.250. The van der Waals surface area contributed by atoms with Gasteiger partial charge in [-0.1, -0.05) is 6.07 Å². The molecule has 2 heterocycles. The average Bonchev–Trinajstić information content (AvgIpc) is 2.58. The summed E-state index contributed by atoms with van der Waals surface area (Å²) in [5, 5.41) is 0.997. The van der Waals surface area contributed by atoms with Crippen molar-refractivity contribution in [2.45, 2.75) is 19.4 Å². The van der Waals surface area contributed by atoms with Gasteiger partial charge < -0.3 is 9.72 Å². The first-order valence-corrected chi connectivity index (χ1v) is 5.05. The quantitative estimate of drug-likeness (QED) is 0.706. The Balaban J connectivity index is 2.35. The normalized spacial score (nSPS) is 18.9. The number of pyridine rings is 1. The van der Waals surface area contributed by atoms with Crippen LogP contribution in [0, 0.1) is 0 Å². The highest BCUT2D eigenvalue weighted by Crippen LogP contribution is 2.34. The minimum Gasteiger partial charge on any atom is -0.489 e. The van der Waals surface area contributed by atoms with Crippen LogP contribution in [0.1, 0.15) is 12.5 Å². The van der Waals surface area contributed by atoms with Gasteiger partial charge in [-0.25, -0.2) is 0 Å². The van der Waals surface area contributed by atoms with E-state index in [0.717, 1.165) is 23.1 Å². The second kappa shape index (κ2) is 2.86. The second-order valence-corrected chi connectivity index (χ2v) is 3.97. The summed E-state index contributed by atoms with van der Waals surface area (Å²) < 4.78 is 5.74. The predicted octanol–water partition coefficient (Wildman–Crippen LogP) is 1.85. The molecule has 0 saturated heterocycles. The zero-order valence-electron chi connectivity index (χ0n) is 8.41. The van der Waals surface area contributed by atoms with Crippen molar-refractivity contribution in [2.75, 3.05) is 0 Å². The van der Waals surface area contributed by atoms with Crippen molar-refractivity contribution in [2.24, 2.45) is 0 Å². The van der Waals surface area contributed by atoms with E-state index in [2.05, 4.69) is 11.9 Å². The van der Waals surface area contributed by atoms with Crippen LogP contribution in [0.25, 0.3) is 10.9 Å². The van der Waals surface area contributed by atoms with E-state index in [1.54, 1.807) is 0 Å². The Morgan fingerprint density at radius 1 is 1.33 bits per heavy atom. The molecule has 1 aliphatic rings. The molecule has 1 N–H and O–H groups in total. The Bertz CT molecular complexity index is 586. The Hall–Kier alpha value is -1.77. The van der Waals surface area contributed by atoms with Crippen LogP contribution in [-0.2, 0) is 6.42 Å². The minimum atomic E-state index is -0.0755. The van der Waals surface area contributed by atoms with Crippen molar-refractivity contribution < 1.29 is 4.74 Å². The van der Waals surface area contributed by atoms with Crippen LogP contribution in [0.15, 0.2) is 29.1 Å². The summed E-state index contributed by atoms with van der Waals surface area (Å²) >= 11 is 0. The number of aromatic nitrogens is 1. The standard InChI is InChI=1S/C12H11NO2/c1-7-6-8-2-4-10-9(12(8)15-7)3-5-11(14)13-10/h2-5,7H,6H2,1H3,(H,13,14). The topological polar surface area (TPSA) is 42.1 Å². The Kier molecular flexibility index (Phi) is 1.63. The molecule has 0 bridgehead atoms. The summed E-state index contributed by atoms with van der Waals surface area (Å²) in [5.74, 6) is 0.927. The number of hydrogen-bond acceptors (Lipinski definition) is 2. The molecule has 0 spiro atoms. The fourth-order valence-corrected chi connectivity index (χ4v) is 2.11. The lowest BCUT2D eigenvalue weighted by molar-refractivity contribution is 0.257. The first-order chi connectivity index (χ1) is 7.24. The molecular weight excluding hydrogens is 190 g/mol. The molecule has 1 unspecified atom stereocenters. The fourth-order valence-electron chi connectivity index (χ4n) is 2.11. The SMILES string of the molecule is CC1Cc2ccc3[nH]c(=O)ccc3c2O1. The average molecular weight is 201 g/mol. The van der Waals surface area contributed by atoms with Crippen molar-refractivity contribution >= 4 is 10.9 Å². The maximum Gasteiger partial charge on any atom is 0.248 e. The van der Waals surface area contributed by atoms with Gasteiger partial charge in [0, 0.05) is 17.9 Å². The second-order valence-electron chi connectivity index (χ2n) is 3.97. The van der Waals surface area contributed by atoms with Crippen molar-refractivity contribution in [3.8, 4) is 5.75 Å². The van der Waals surface area contributed by atoms with Gasteiger partial charge in [0.25, 0.3) is 0 Å². The summed E-state index contributed by atoms with van der Waals surface area (Å²) in [6.07, 6.45) is 1.18. The highest BCUT2D eigenvalue weighted by molar-refractivity contribution is 5.86. The van der Waals surface area contributed by atoms with E-state index in [9.17, 15) is 4.79 Å². The van der Waals surface area contributed by atoms with E-state index in [1.807, 2.05) is 18.2 Å². The van der Waals surface area contributed by atoms with E-state index in [1.165, 1.54) is 11.6 Å². The largest absolute Gasteiger partial charge is 0.489 e. The molecule has 0 aliphatic carbocycles. The molecule has 15 heavy (non-hydrogen) atoms. The summed E-state index contributed by atoms with van der Waals surface area (Å²) in [5.41, 5.74) is 1.99. The highest BCUT2D eigenvalue weighted by Gasteiger charge is 2.20. The van der Waals surface area contributed by atoms with Gasteiger partial charge in [-0.3, -0.25) is 4.79 Å². The van der Waals surface area contributed by atoms with Crippen LogP contribution in [0.5, 0.6) is 5.75 Å². The molecule has 0 radical (unpaired) electrons. The van der Waals surface area contributed by atoms with Crippen molar-refractivity contribution in [1.29, 1.82) is 0 Å². The van der Waals surface area contributed by atoms with E-state index in [0.29, 0.717) is 0 Å². The summed E-state index contributed by atoms with van der Waals surface area (Å²) in [7, 11) is 0. The van der Waals surface area contributed by atoms with Crippen molar-refractivity contribution in [3.63, 3.8) is 0 Å². The molecule has 1 aromatic heterocycles. The number of H-pyrrole nitrogens is 1. The number of nitrogens with one attached hydrogen (secondary N) is 1. The monoisotopic (exact) mass is 201 g/mol. The zero-order valence-corrected chi connectivity index (χ0v) is 8.41. The Morgan fingerprint density at radius 3 is 3.07 bits per heavy atom. The van der Waals surface area contributed by atoms with Gasteiger partial charge >= 0.3 is 0 Å². The first kappa shape index (κ1) is 8.53. The molecule has 1 aromatic carbocycles. The number of benzene rings is 1. The number of rotatable bonds is 0. The molecule has 3 nitrogen and oxygen atoms in total. The van der Waals surface area contributed by atoms with E-state index < -0.39 is 0 Å². The molecule has 2 aromatic rings. The van der Waals surface area contributed by atoms with Gasteiger partial charge in [-0.15, -0.1) is 0 Å². The van der Waals surface area contributed by atoms with Crippen molar-refractivity contribution in [3.05, 3.63) is 40.2 Å². The van der Waals surface area contributed by atoms with Crippen molar-refractivity contribution in [1.82, 2.24) is 4.98 Å². The van der Waals surface area contributed by atoms with Gasteiger partial charge in [0.05, 0.1) is 5.52 Å². The molecule has 1 atom stereocenters. The molecule has 0 saturated carbocycles. The highest BCUT2D eigenvalue weighted by atomic mass is 16.5. The number of ether oxygens (including phenoxy) is 1. The molecular formula is C12H11NO2. The third-order valence-electron chi connectivity index (χ3n) is 2.76. The third-order valence-corrected chi connectivity index (χ3v) is 2.76. The molecule has 3 heteroatoms. The van der Waals surface area contributed by atoms with Crippen LogP contribution in [0.3, 0.4) is 0 Å². The van der Waals surface area contributed by atoms with Gasteiger partial charge in [-0.2, -0.15) is 0 Å². The molecule has 0 amide bonds. The van der Waals surface area contributed by atoms with E-state index in [-0.39, 0.29) is 11.7 Å². The maximum absolute atomic E-state index is 11.2. The van der Waals surface area contributed by atoms with Gasteiger partial charge in [-0.05, 0) is 24.6 Å². The lowest BCUT2D eigenvalue weighted by atomic mass is 10.1. The summed E-state index contributed by atoms with van der Waals surface area (Å²) in [6.45, 7) is 2.05. The molecule has 3 rings (SSSR count). The maximum atomic E-state index is 11.2. The lowest BCUT2D eigenvalue weighted by Gasteiger charge is -2.05. The number of aromatic amines is 1. The van der Waals surface area contributed by atoms with Gasteiger partial charge in [0.1, 0.15) is 11.9 Å². The number of hydrogen-bond donors (Lipinski definition) is 1. The predicted molar refractivity (Wildman–Crippen MR) is 58.4 cm³/mol. The minimum absolute atomic E-state index is 0.0755. The first-order valence-electron chi connectivity index (χ1n) is 5.05. The molecule has 0 fully saturated rings. The van der Waals surface area contributed by atoms with Crippen LogP contribution < -0.4 is 10.3 Å². The van der Waals surface area contributed by atoms with E-state index in [4.69, 9.17) is 4.74 Å². The third kappa shape index (κ3) is 1.23. The van der Waals surface area contributed by atoms with Crippen LogP contribution in [-0.4, -0.2) is 11.1 Å². The summed E-state index contributed by atoms with van der Waals surface area (Å²) in [4.78, 5) is 14.0. The molecule has 1 aliphatic heterocycles. The smallest absolute Gasteiger partial charge is 0.248 e. The zero-order chi connectivity index (χ0) is 10.4. The Labute approximate surface area is 86.7 Å². The van der Waals surface area contributed by atoms with E-state index >= 15 is 0 Å². The van der Waals surface area contributed by atoms with Crippen LogP contribution in [0.4, 0.5) is 0 Å². The van der Waals surface area contributed by atoms with Gasteiger partial charge in [0.2, 0.25) is 5.56 Å². The number of fused-ring (bicyclic) bond motifs is 3. The van der Waals surface area contributed by atoms with Crippen LogP contribution in [0.2, 0.25) is 0 Å². The Morgan fingerprint density at radius 2 is 2.20 bits per heavy atom. The summed E-state index contributed by atoms with van der Waals surface area (Å²) in [6, 6.07) is 7.33.